The third-order valence-corrected chi connectivity index (χ3v) is 6.79. The van der Waals surface area contributed by atoms with Crippen molar-refractivity contribution in [3.63, 3.8) is 0 Å². The molecule has 0 aliphatic carbocycles. The van der Waals surface area contributed by atoms with Crippen LogP contribution in [0.25, 0.3) is 0 Å². The molecule has 3 aliphatic heterocycles. The van der Waals surface area contributed by atoms with Crippen molar-refractivity contribution >= 4 is 29.7 Å². The van der Waals surface area contributed by atoms with Gasteiger partial charge in [-0.3, -0.25) is 24.6 Å². The van der Waals surface area contributed by atoms with E-state index in [0.29, 0.717) is 18.4 Å². The Morgan fingerprint density at radius 3 is 2.44 bits per heavy atom. The summed E-state index contributed by atoms with van der Waals surface area (Å²) >= 11 is 0. The average molecular weight is 536 g/mol. The van der Waals surface area contributed by atoms with Gasteiger partial charge in [0.1, 0.15) is 12.1 Å². The second-order valence-corrected chi connectivity index (χ2v) is 9.48. The lowest BCUT2D eigenvalue weighted by molar-refractivity contribution is -0.169. The van der Waals surface area contributed by atoms with Crippen LogP contribution in [0.1, 0.15) is 41.6 Å². The molecule has 0 saturated carbocycles. The highest BCUT2D eigenvalue weighted by Gasteiger charge is 2.46. The molecular weight excluding hydrogens is 506 g/mol. The van der Waals surface area contributed by atoms with Crippen LogP contribution in [0, 0.1) is 0 Å². The minimum absolute atomic E-state index is 0.0218. The van der Waals surface area contributed by atoms with Crippen LogP contribution in [0.5, 0.6) is 0 Å². The Morgan fingerprint density at radius 2 is 1.69 bits per heavy atom. The number of ether oxygens (including phenoxy) is 2. The number of nitrogens with zero attached hydrogens (tertiary/aromatic N) is 3. The van der Waals surface area contributed by atoms with E-state index in [1.54, 1.807) is 30.3 Å². The van der Waals surface area contributed by atoms with Crippen molar-refractivity contribution in [3.8, 4) is 0 Å². The highest BCUT2D eigenvalue weighted by Crippen LogP contribution is 2.25. The normalized spacial score (nSPS) is 23.1. The molecule has 204 valence electrons. The molecule has 0 aromatic heterocycles. The van der Waals surface area contributed by atoms with Gasteiger partial charge in [-0.05, 0) is 30.5 Å². The standard InChI is InChI=1S/C27H29N5O7/c33-22-13-15-30(29-24(35)19-10-5-2-6-11-19)27(37)32-21(12-7-14-31(22)32)25(36)28-20-16-23(34)39-26(20)38-17-18-8-3-1-4-9-18/h1-6,8-11,20-21,26H,7,12-17H2,(H,28,36)(H,29,35). The number of hydrogen-bond donors (Lipinski definition) is 2. The topological polar surface area (TPSA) is 138 Å². The summed E-state index contributed by atoms with van der Waals surface area (Å²) in [6.07, 6.45) is -0.319. The van der Waals surface area contributed by atoms with Crippen molar-refractivity contribution in [2.45, 2.75) is 50.7 Å². The van der Waals surface area contributed by atoms with Gasteiger partial charge in [0.05, 0.1) is 19.6 Å². The Labute approximate surface area is 224 Å². The molecule has 3 atom stereocenters. The maximum atomic E-state index is 13.6. The average Bonchev–Trinajstić information content (AvgIpc) is 3.26. The smallest absolute Gasteiger partial charge is 0.358 e. The zero-order valence-electron chi connectivity index (χ0n) is 21.2. The maximum Gasteiger partial charge on any atom is 0.358 e. The van der Waals surface area contributed by atoms with Crippen molar-refractivity contribution in [2.75, 3.05) is 13.1 Å². The predicted molar refractivity (Wildman–Crippen MR) is 135 cm³/mol. The summed E-state index contributed by atoms with van der Waals surface area (Å²) in [6.45, 7) is 0.401. The van der Waals surface area contributed by atoms with E-state index in [2.05, 4.69) is 10.7 Å². The van der Waals surface area contributed by atoms with Crippen LogP contribution in [0.2, 0.25) is 0 Å². The number of hydrazine groups is 2. The van der Waals surface area contributed by atoms with Crippen LogP contribution < -0.4 is 10.7 Å². The summed E-state index contributed by atoms with van der Waals surface area (Å²) in [5, 5.41) is 6.23. The molecule has 3 saturated heterocycles. The Bertz CT molecular complexity index is 1240. The molecule has 0 radical (unpaired) electrons. The van der Waals surface area contributed by atoms with Gasteiger partial charge in [0.25, 0.3) is 5.91 Å². The molecule has 0 bridgehead atoms. The molecular formula is C27H29N5O7. The van der Waals surface area contributed by atoms with Crippen LogP contribution in [0.3, 0.4) is 0 Å². The number of amides is 5. The first kappa shape index (κ1) is 26.2. The molecule has 39 heavy (non-hydrogen) atoms. The molecule has 5 rings (SSSR count). The van der Waals surface area contributed by atoms with Crippen molar-refractivity contribution in [1.29, 1.82) is 0 Å². The second kappa shape index (κ2) is 11.5. The minimum Gasteiger partial charge on any atom is -0.433 e. The number of cyclic esters (lactones) is 1. The summed E-state index contributed by atoms with van der Waals surface area (Å²) in [7, 11) is 0. The van der Waals surface area contributed by atoms with Gasteiger partial charge in [0, 0.05) is 18.5 Å². The largest absolute Gasteiger partial charge is 0.433 e. The summed E-state index contributed by atoms with van der Waals surface area (Å²) < 4.78 is 11.0. The monoisotopic (exact) mass is 535 g/mol. The van der Waals surface area contributed by atoms with Gasteiger partial charge in [0.15, 0.2) is 0 Å². The van der Waals surface area contributed by atoms with Crippen molar-refractivity contribution < 1.29 is 33.4 Å². The van der Waals surface area contributed by atoms with E-state index in [-0.39, 0.29) is 38.4 Å². The Morgan fingerprint density at radius 1 is 0.974 bits per heavy atom. The Balaban J connectivity index is 1.29. The molecule has 2 aromatic carbocycles. The van der Waals surface area contributed by atoms with Crippen molar-refractivity contribution in [2.24, 2.45) is 0 Å². The van der Waals surface area contributed by atoms with E-state index in [9.17, 15) is 24.0 Å². The van der Waals surface area contributed by atoms with Gasteiger partial charge in [-0.2, -0.15) is 0 Å². The van der Waals surface area contributed by atoms with Gasteiger partial charge in [-0.25, -0.2) is 19.8 Å². The van der Waals surface area contributed by atoms with Gasteiger partial charge >= 0.3 is 12.0 Å². The molecule has 12 nitrogen and oxygen atoms in total. The van der Waals surface area contributed by atoms with E-state index in [1.165, 1.54) is 5.01 Å². The molecule has 3 unspecified atom stereocenters. The Hall–Kier alpha value is -4.45. The number of carbonyl (C=O) groups is 5. The van der Waals surface area contributed by atoms with E-state index in [1.807, 2.05) is 30.3 Å². The van der Waals surface area contributed by atoms with Crippen LogP contribution in [0.15, 0.2) is 60.7 Å². The number of urea groups is 1. The first-order valence-electron chi connectivity index (χ1n) is 12.8. The number of fused-ring (bicyclic) bond motifs is 1. The molecule has 2 aromatic rings. The van der Waals surface area contributed by atoms with E-state index < -0.39 is 42.2 Å². The van der Waals surface area contributed by atoms with Crippen LogP contribution in [0.4, 0.5) is 4.79 Å². The number of hydrogen-bond acceptors (Lipinski definition) is 7. The van der Waals surface area contributed by atoms with Crippen LogP contribution in [-0.4, -0.2) is 76.2 Å². The minimum atomic E-state index is -1.03. The van der Waals surface area contributed by atoms with E-state index in [0.717, 1.165) is 15.6 Å². The Kier molecular flexibility index (Phi) is 7.73. The van der Waals surface area contributed by atoms with Gasteiger partial charge in [0.2, 0.25) is 18.1 Å². The third kappa shape index (κ3) is 5.85. The first-order valence-corrected chi connectivity index (χ1v) is 12.8. The quantitative estimate of drug-likeness (QED) is 0.511. The number of rotatable bonds is 7. The molecule has 3 aliphatic rings. The van der Waals surface area contributed by atoms with Crippen LogP contribution in [-0.2, 0) is 30.5 Å². The van der Waals surface area contributed by atoms with Gasteiger partial charge in [-0.1, -0.05) is 48.5 Å². The number of benzene rings is 2. The summed E-state index contributed by atoms with van der Waals surface area (Å²) in [6, 6.07) is 15.2. The van der Waals surface area contributed by atoms with E-state index in [4.69, 9.17) is 9.47 Å². The lowest BCUT2D eigenvalue weighted by Crippen LogP contribution is -2.65. The van der Waals surface area contributed by atoms with Crippen molar-refractivity contribution in [1.82, 2.24) is 25.8 Å². The second-order valence-electron chi connectivity index (χ2n) is 9.48. The fourth-order valence-electron chi connectivity index (χ4n) is 4.83. The third-order valence-electron chi connectivity index (χ3n) is 6.79. The molecule has 12 heteroatoms. The summed E-state index contributed by atoms with van der Waals surface area (Å²) in [4.78, 5) is 64.7. The zero-order valence-corrected chi connectivity index (χ0v) is 21.2. The molecule has 5 amide bonds. The SMILES string of the molecule is O=C1CC(NC(=O)C2CCCN3C(=O)CCN(NC(=O)c4ccccc4)C(=O)N23)C(OCc2ccccc2)O1. The highest BCUT2D eigenvalue weighted by atomic mass is 16.7. The first-order chi connectivity index (χ1) is 18.9. The molecule has 0 spiro atoms. The lowest BCUT2D eigenvalue weighted by Gasteiger charge is -2.43. The molecule has 3 fully saturated rings. The zero-order chi connectivity index (χ0) is 27.4. The maximum absolute atomic E-state index is 13.6. The number of nitrogens with one attached hydrogen (secondary N) is 2. The summed E-state index contributed by atoms with van der Waals surface area (Å²) in [5.41, 5.74) is 3.78. The van der Waals surface area contributed by atoms with Crippen molar-refractivity contribution in [3.05, 3.63) is 71.8 Å². The number of esters is 1. The van der Waals surface area contributed by atoms with Gasteiger partial charge < -0.3 is 14.8 Å². The number of carbonyl (C=O) groups excluding carboxylic acids is 5. The predicted octanol–water partition coefficient (Wildman–Crippen LogP) is 1.34. The lowest BCUT2D eigenvalue weighted by atomic mass is 10.1. The fraction of sp³-hybridized carbons (Fsp3) is 0.370. The fourth-order valence-corrected chi connectivity index (χ4v) is 4.83. The van der Waals surface area contributed by atoms with Gasteiger partial charge in [-0.15, -0.1) is 0 Å². The van der Waals surface area contributed by atoms with Crippen LogP contribution >= 0.6 is 0 Å². The van der Waals surface area contributed by atoms with E-state index >= 15 is 0 Å². The molecule has 2 N–H and O–H groups in total. The highest BCUT2D eigenvalue weighted by molar-refractivity contribution is 5.96. The molecule has 3 heterocycles. The summed E-state index contributed by atoms with van der Waals surface area (Å²) in [5.74, 6) is -1.91.